The molecule has 1 aromatic carbocycles. The lowest BCUT2D eigenvalue weighted by molar-refractivity contribution is 0.0512. The second-order valence-corrected chi connectivity index (χ2v) is 9.95. The van der Waals surface area contributed by atoms with Crippen LogP contribution >= 0.6 is 0 Å². The van der Waals surface area contributed by atoms with Crippen molar-refractivity contribution in [1.29, 1.82) is 0 Å². The van der Waals surface area contributed by atoms with Crippen molar-refractivity contribution in [3.8, 4) is 0 Å². The minimum absolute atomic E-state index is 0.199. The number of carbonyl (C=O) groups excluding carboxylic acids is 3. The largest absolute Gasteiger partial charge is 0.446 e. The number of ether oxygens (including phenoxy) is 3. The van der Waals surface area contributed by atoms with Crippen molar-refractivity contribution in [1.82, 2.24) is 16.0 Å². The van der Waals surface area contributed by atoms with Gasteiger partial charge in [0, 0.05) is 25.6 Å². The van der Waals surface area contributed by atoms with Gasteiger partial charge in [0.2, 0.25) is 0 Å². The summed E-state index contributed by atoms with van der Waals surface area (Å²) in [6, 6.07) is 9.30. The van der Waals surface area contributed by atoms with Crippen molar-refractivity contribution in [2.75, 3.05) is 19.6 Å². The highest BCUT2D eigenvalue weighted by molar-refractivity contribution is 5.68. The molecule has 10 nitrogen and oxygen atoms in total. The molecule has 0 bridgehead atoms. The molecule has 3 amide bonds. The summed E-state index contributed by atoms with van der Waals surface area (Å²) in [4.78, 5) is 35.4. The highest BCUT2D eigenvalue weighted by atomic mass is 16.6. The van der Waals surface area contributed by atoms with Crippen LogP contribution in [-0.4, -0.2) is 61.3 Å². The smallest absolute Gasteiger partial charge is 0.407 e. The molecule has 1 aromatic rings. The van der Waals surface area contributed by atoms with Crippen LogP contribution in [0.1, 0.15) is 53.5 Å². The molecule has 0 radical (unpaired) electrons. The number of hydrogen-bond donors (Lipinski definition) is 4. The van der Waals surface area contributed by atoms with E-state index in [2.05, 4.69) is 16.0 Å². The third-order valence-corrected chi connectivity index (χ3v) is 4.27. The van der Waals surface area contributed by atoms with Crippen LogP contribution in [0.3, 0.4) is 0 Å². The van der Waals surface area contributed by atoms with Gasteiger partial charge in [0.15, 0.2) is 0 Å². The van der Waals surface area contributed by atoms with Crippen LogP contribution in [0.25, 0.3) is 0 Å². The molecule has 1 rings (SSSR count). The van der Waals surface area contributed by atoms with Gasteiger partial charge >= 0.3 is 18.3 Å². The summed E-state index contributed by atoms with van der Waals surface area (Å²) in [7, 11) is 0. The minimum Gasteiger partial charge on any atom is -0.446 e. The summed E-state index contributed by atoms with van der Waals surface area (Å²) in [5.74, 6) is 0. The fourth-order valence-corrected chi connectivity index (χ4v) is 2.95. The van der Waals surface area contributed by atoms with Crippen LogP contribution in [0, 0.1) is 0 Å². The van der Waals surface area contributed by atoms with Crippen molar-refractivity contribution in [2.45, 2.75) is 77.7 Å². The van der Waals surface area contributed by atoms with Gasteiger partial charge in [-0.2, -0.15) is 0 Å². The molecule has 0 heterocycles. The van der Waals surface area contributed by atoms with E-state index in [9.17, 15) is 14.4 Å². The quantitative estimate of drug-likeness (QED) is 0.357. The Balaban J connectivity index is 2.68. The van der Waals surface area contributed by atoms with E-state index in [1.807, 2.05) is 30.3 Å². The number of amides is 3. The summed E-state index contributed by atoms with van der Waals surface area (Å²) in [6.45, 7) is 11.5. The average molecular weight is 481 g/mol. The molecule has 0 saturated heterocycles. The Labute approximate surface area is 202 Å². The van der Waals surface area contributed by atoms with Crippen molar-refractivity contribution in [2.24, 2.45) is 5.73 Å². The standard InChI is InChI=1S/C24H40N4O6/c1-23(2,3)33-21(30)27-15-18(16-28-22(31)34-24(4,5)6)26-13-12-19(32-20(25)29)14-17-10-8-7-9-11-17/h7-11,18-19,26H,12-16H2,1-6H3,(H2,25,29)(H,27,30)(H,28,31). The van der Waals surface area contributed by atoms with Crippen LogP contribution < -0.4 is 21.7 Å². The summed E-state index contributed by atoms with van der Waals surface area (Å²) >= 11 is 0. The number of hydrogen-bond acceptors (Lipinski definition) is 7. The molecule has 1 unspecified atom stereocenters. The fourth-order valence-electron chi connectivity index (χ4n) is 2.95. The molecule has 34 heavy (non-hydrogen) atoms. The molecule has 0 saturated carbocycles. The normalized spacial score (nSPS) is 12.6. The number of nitrogens with one attached hydrogen (secondary N) is 3. The summed E-state index contributed by atoms with van der Waals surface area (Å²) in [5, 5.41) is 8.67. The number of rotatable bonds is 11. The summed E-state index contributed by atoms with van der Waals surface area (Å²) in [6.07, 6.45) is -1.39. The second-order valence-electron chi connectivity index (χ2n) is 9.95. The molecule has 0 spiro atoms. The second kappa shape index (κ2) is 13.6. The van der Waals surface area contributed by atoms with E-state index < -0.39 is 35.6 Å². The molecule has 1 atom stereocenters. The highest BCUT2D eigenvalue weighted by Crippen LogP contribution is 2.10. The molecule has 10 heteroatoms. The van der Waals surface area contributed by atoms with Gasteiger partial charge in [-0.1, -0.05) is 30.3 Å². The number of nitrogens with two attached hydrogens (primary N) is 1. The monoisotopic (exact) mass is 480 g/mol. The van der Waals surface area contributed by atoms with E-state index >= 15 is 0 Å². The molecule has 0 aliphatic rings. The van der Waals surface area contributed by atoms with Gasteiger partial charge in [-0.05, 0) is 60.1 Å². The van der Waals surface area contributed by atoms with E-state index in [0.29, 0.717) is 19.4 Å². The first-order chi connectivity index (χ1) is 15.7. The Morgan fingerprint density at radius 3 is 1.82 bits per heavy atom. The molecular weight excluding hydrogens is 440 g/mol. The van der Waals surface area contributed by atoms with Gasteiger partial charge < -0.3 is 35.9 Å². The van der Waals surface area contributed by atoms with E-state index in [0.717, 1.165) is 5.56 Å². The van der Waals surface area contributed by atoms with Gasteiger partial charge in [-0.15, -0.1) is 0 Å². The Morgan fingerprint density at radius 2 is 1.38 bits per heavy atom. The van der Waals surface area contributed by atoms with E-state index in [1.165, 1.54) is 0 Å². The van der Waals surface area contributed by atoms with E-state index in [-0.39, 0.29) is 19.1 Å². The first-order valence-corrected chi connectivity index (χ1v) is 11.4. The SMILES string of the molecule is CC(C)(C)OC(=O)NCC(CNC(=O)OC(C)(C)C)NCCC(Cc1ccccc1)OC(N)=O. The first-order valence-electron chi connectivity index (χ1n) is 11.4. The van der Waals surface area contributed by atoms with Crippen molar-refractivity contribution in [3.05, 3.63) is 35.9 Å². The van der Waals surface area contributed by atoms with Crippen molar-refractivity contribution >= 4 is 18.3 Å². The zero-order chi connectivity index (χ0) is 25.8. The summed E-state index contributed by atoms with van der Waals surface area (Å²) in [5.41, 5.74) is 5.00. The third-order valence-electron chi connectivity index (χ3n) is 4.27. The first kappa shape index (κ1) is 29.0. The Bertz CT molecular complexity index is 742. The minimum atomic E-state index is -0.837. The highest BCUT2D eigenvalue weighted by Gasteiger charge is 2.21. The molecular formula is C24H40N4O6. The molecule has 0 aliphatic heterocycles. The maximum atomic E-state index is 12.1. The predicted octanol–water partition coefficient (Wildman–Crippen LogP) is 3.09. The Morgan fingerprint density at radius 1 is 0.882 bits per heavy atom. The maximum Gasteiger partial charge on any atom is 0.407 e. The topological polar surface area (TPSA) is 141 Å². The Kier molecular flexibility index (Phi) is 11.6. The van der Waals surface area contributed by atoms with Crippen LogP contribution in [-0.2, 0) is 20.6 Å². The zero-order valence-electron chi connectivity index (χ0n) is 21.1. The third kappa shape index (κ3) is 14.9. The van der Waals surface area contributed by atoms with Gasteiger partial charge in [0.25, 0.3) is 0 Å². The van der Waals surface area contributed by atoms with Crippen molar-refractivity contribution < 1.29 is 28.6 Å². The zero-order valence-corrected chi connectivity index (χ0v) is 21.1. The maximum absolute atomic E-state index is 12.1. The van der Waals surface area contributed by atoms with Crippen LogP contribution in [0.4, 0.5) is 14.4 Å². The van der Waals surface area contributed by atoms with Gasteiger partial charge in [0.05, 0.1) is 0 Å². The summed E-state index contributed by atoms with van der Waals surface area (Å²) < 4.78 is 15.8. The van der Waals surface area contributed by atoms with Crippen LogP contribution in [0.2, 0.25) is 0 Å². The van der Waals surface area contributed by atoms with Crippen LogP contribution in [0.15, 0.2) is 30.3 Å². The van der Waals surface area contributed by atoms with Crippen molar-refractivity contribution in [3.63, 3.8) is 0 Å². The lowest BCUT2D eigenvalue weighted by Crippen LogP contribution is -2.50. The van der Waals surface area contributed by atoms with Gasteiger partial charge in [-0.25, -0.2) is 14.4 Å². The predicted molar refractivity (Wildman–Crippen MR) is 129 cm³/mol. The fraction of sp³-hybridized carbons (Fsp3) is 0.625. The molecule has 5 N–H and O–H groups in total. The molecule has 0 fully saturated rings. The van der Waals surface area contributed by atoms with Gasteiger partial charge in [0.1, 0.15) is 17.3 Å². The number of primary amides is 1. The average Bonchev–Trinajstić information content (AvgIpc) is 2.67. The van der Waals surface area contributed by atoms with Crippen LogP contribution in [0.5, 0.6) is 0 Å². The lowest BCUT2D eigenvalue weighted by atomic mass is 10.1. The molecule has 192 valence electrons. The molecule has 0 aliphatic carbocycles. The van der Waals surface area contributed by atoms with E-state index in [4.69, 9.17) is 19.9 Å². The Hall–Kier alpha value is -3.01. The number of carbonyl (C=O) groups is 3. The van der Waals surface area contributed by atoms with Gasteiger partial charge in [-0.3, -0.25) is 0 Å². The number of benzene rings is 1. The lowest BCUT2D eigenvalue weighted by Gasteiger charge is -2.25. The van der Waals surface area contributed by atoms with E-state index in [1.54, 1.807) is 41.5 Å². The number of alkyl carbamates (subject to hydrolysis) is 2. The molecule has 0 aromatic heterocycles.